The van der Waals surface area contributed by atoms with E-state index in [9.17, 15) is 13.2 Å². The fraction of sp³-hybridized carbons (Fsp3) is 0.444. The van der Waals surface area contributed by atoms with Gasteiger partial charge in [-0.15, -0.1) is 0 Å². The van der Waals surface area contributed by atoms with E-state index < -0.39 is 11.7 Å². The minimum Gasteiger partial charge on any atom is -0.320 e. The number of benzene rings is 1. The molecule has 0 radical (unpaired) electrons. The third-order valence-corrected chi connectivity index (χ3v) is 4.46. The third kappa shape index (κ3) is 3.96. The molecule has 0 spiro atoms. The second-order valence-corrected chi connectivity index (χ2v) is 6.13. The molecule has 2 nitrogen and oxygen atoms in total. The first-order chi connectivity index (χ1) is 11.0. The van der Waals surface area contributed by atoms with Crippen LogP contribution in [-0.2, 0) is 12.7 Å². The molecule has 3 rings (SSSR count). The number of rotatable bonds is 4. The fourth-order valence-electron chi connectivity index (χ4n) is 3.20. The quantitative estimate of drug-likeness (QED) is 0.845. The van der Waals surface area contributed by atoms with Gasteiger partial charge in [-0.05, 0) is 43.2 Å². The number of hydrogen-bond donors (Lipinski definition) is 1. The van der Waals surface area contributed by atoms with Crippen LogP contribution in [0.5, 0.6) is 0 Å². The summed E-state index contributed by atoms with van der Waals surface area (Å²) in [6.45, 7) is 0.675. The lowest BCUT2D eigenvalue weighted by molar-refractivity contribution is -0.137. The molecule has 1 aromatic carbocycles. The summed E-state index contributed by atoms with van der Waals surface area (Å²) in [5.41, 5.74) is 0.912. The molecule has 124 valence electrons. The van der Waals surface area contributed by atoms with Gasteiger partial charge in [0.15, 0.2) is 0 Å². The predicted octanol–water partition coefficient (Wildman–Crippen LogP) is 4.92. The molecule has 1 aliphatic carbocycles. The van der Waals surface area contributed by atoms with Crippen molar-refractivity contribution >= 4 is 0 Å². The van der Waals surface area contributed by atoms with E-state index in [4.69, 9.17) is 0 Å². The Morgan fingerprint density at radius 1 is 1.04 bits per heavy atom. The van der Waals surface area contributed by atoms with Crippen LogP contribution in [0.25, 0.3) is 5.69 Å². The van der Waals surface area contributed by atoms with E-state index in [1.54, 1.807) is 6.07 Å². The van der Waals surface area contributed by atoms with E-state index in [-0.39, 0.29) is 0 Å². The largest absolute Gasteiger partial charge is 0.416 e. The van der Waals surface area contributed by atoms with Crippen molar-refractivity contribution in [2.45, 2.75) is 50.9 Å². The molecule has 23 heavy (non-hydrogen) atoms. The minimum atomic E-state index is -4.32. The highest BCUT2D eigenvalue weighted by Crippen LogP contribution is 2.30. The SMILES string of the molecule is FC(F)(F)c1cccc(-n2cccc2CNC2CCCCC2)c1. The fourth-order valence-corrected chi connectivity index (χ4v) is 3.20. The average Bonchev–Trinajstić information content (AvgIpc) is 3.02. The zero-order chi connectivity index (χ0) is 16.3. The summed E-state index contributed by atoms with van der Waals surface area (Å²) in [5, 5.41) is 3.54. The summed E-state index contributed by atoms with van der Waals surface area (Å²) in [7, 11) is 0. The Hall–Kier alpha value is -1.75. The molecule has 1 aliphatic rings. The summed E-state index contributed by atoms with van der Waals surface area (Å²) >= 11 is 0. The molecule has 5 heteroatoms. The maximum Gasteiger partial charge on any atom is 0.416 e. The van der Waals surface area contributed by atoms with Crippen LogP contribution in [0.15, 0.2) is 42.6 Å². The van der Waals surface area contributed by atoms with Crippen LogP contribution in [-0.4, -0.2) is 10.6 Å². The second kappa shape index (κ2) is 6.79. The monoisotopic (exact) mass is 322 g/mol. The molecule has 1 aromatic heterocycles. The third-order valence-electron chi connectivity index (χ3n) is 4.46. The molecule has 1 saturated carbocycles. The summed E-state index contributed by atoms with van der Waals surface area (Å²) in [6, 6.07) is 9.81. The van der Waals surface area contributed by atoms with Crippen molar-refractivity contribution in [1.82, 2.24) is 9.88 Å². The van der Waals surface area contributed by atoms with Crippen LogP contribution >= 0.6 is 0 Å². The molecule has 1 N–H and O–H groups in total. The Bertz CT molecular complexity index is 640. The first-order valence-corrected chi connectivity index (χ1v) is 8.11. The van der Waals surface area contributed by atoms with Crippen molar-refractivity contribution in [3.8, 4) is 5.69 Å². The second-order valence-electron chi connectivity index (χ2n) is 6.13. The van der Waals surface area contributed by atoms with Crippen LogP contribution in [0.1, 0.15) is 43.4 Å². The standard InChI is InChI=1S/C18H21F3N2/c19-18(20,21)14-6-4-9-16(12-14)23-11-5-10-17(23)13-22-15-7-2-1-3-8-15/h4-6,9-12,15,22H,1-3,7-8,13H2. The minimum absolute atomic E-state index is 0.522. The lowest BCUT2D eigenvalue weighted by Crippen LogP contribution is -2.31. The maximum atomic E-state index is 12.9. The Labute approximate surface area is 134 Å². The zero-order valence-corrected chi connectivity index (χ0v) is 12.9. The van der Waals surface area contributed by atoms with E-state index >= 15 is 0 Å². The van der Waals surface area contributed by atoms with Gasteiger partial charge >= 0.3 is 6.18 Å². The number of nitrogens with zero attached hydrogens (tertiary/aromatic N) is 1. The van der Waals surface area contributed by atoms with Crippen molar-refractivity contribution < 1.29 is 13.2 Å². The van der Waals surface area contributed by atoms with Gasteiger partial charge in [-0.1, -0.05) is 25.3 Å². The topological polar surface area (TPSA) is 17.0 Å². The average molecular weight is 322 g/mol. The summed E-state index contributed by atoms with van der Waals surface area (Å²) < 4.78 is 40.5. The van der Waals surface area contributed by atoms with Crippen molar-refractivity contribution in [3.63, 3.8) is 0 Å². The molecule has 1 fully saturated rings. The number of nitrogens with one attached hydrogen (secondary N) is 1. The van der Waals surface area contributed by atoms with Crippen LogP contribution in [0.3, 0.4) is 0 Å². The van der Waals surface area contributed by atoms with Crippen molar-refractivity contribution in [2.24, 2.45) is 0 Å². The number of alkyl halides is 3. The molecular formula is C18H21F3N2. The highest BCUT2D eigenvalue weighted by Gasteiger charge is 2.30. The van der Waals surface area contributed by atoms with E-state index in [1.165, 1.54) is 44.2 Å². The predicted molar refractivity (Wildman–Crippen MR) is 84.5 cm³/mol. The molecule has 2 aromatic rings. The van der Waals surface area contributed by atoms with Gasteiger partial charge in [0.25, 0.3) is 0 Å². The molecule has 0 bridgehead atoms. The van der Waals surface area contributed by atoms with E-state index in [0.29, 0.717) is 18.3 Å². The Kier molecular flexibility index (Phi) is 4.76. The molecule has 0 atom stereocenters. The van der Waals surface area contributed by atoms with E-state index in [2.05, 4.69) is 5.32 Å². The van der Waals surface area contributed by atoms with E-state index in [1.807, 2.05) is 22.9 Å². The van der Waals surface area contributed by atoms with Crippen molar-refractivity contribution in [1.29, 1.82) is 0 Å². The Morgan fingerprint density at radius 3 is 2.57 bits per heavy atom. The van der Waals surface area contributed by atoms with Crippen LogP contribution in [0.4, 0.5) is 13.2 Å². The number of hydrogen-bond acceptors (Lipinski definition) is 1. The van der Waals surface area contributed by atoms with Gasteiger partial charge in [0.1, 0.15) is 0 Å². The molecule has 0 saturated heterocycles. The smallest absolute Gasteiger partial charge is 0.320 e. The maximum absolute atomic E-state index is 12.9. The molecule has 0 amide bonds. The van der Waals surface area contributed by atoms with Crippen molar-refractivity contribution in [3.05, 3.63) is 53.9 Å². The molecule has 0 unspecified atom stereocenters. The van der Waals surface area contributed by atoms with Gasteiger partial charge in [0.2, 0.25) is 0 Å². The zero-order valence-electron chi connectivity index (χ0n) is 12.9. The lowest BCUT2D eigenvalue weighted by Gasteiger charge is -2.23. The van der Waals surface area contributed by atoms with Gasteiger partial charge in [0.05, 0.1) is 5.56 Å². The summed E-state index contributed by atoms with van der Waals surface area (Å²) in [4.78, 5) is 0. The first kappa shape index (κ1) is 16.1. The first-order valence-electron chi connectivity index (χ1n) is 8.11. The molecule has 0 aliphatic heterocycles. The van der Waals surface area contributed by atoms with E-state index in [0.717, 1.165) is 11.8 Å². The summed E-state index contributed by atoms with van der Waals surface area (Å²) in [5.74, 6) is 0. The van der Waals surface area contributed by atoms with Crippen molar-refractivity contribution in [2.75, 3.05) is 0 Å². The molecular weight excluding hydrogens is 301 g/mol. The highest BCUT2D eigenvalue weighted by molar-refractivity contribution is 5.39. The van der Waals surface area contributed by atoms with Gasteiger partial charge in [-0.25, -0.2) is 0 Å². The van der Waals surface area contributed by atoms with Gasteiger partial charge in [0, 0.05) is 30.2 Å². The van der Waals surface area contributed by atoms with Crippen LogP contribution < -0.4 is 5.32 Å². The molecule has 1 heterocycles. The highest BCUT2D eigenvalue weighted by atomic mass is 19.4. The van der Waals surface area contributed by atoms with Crippen LogP contribution in [0, 0.1) is 0 Å². The van der Waals surface area contributed by atoms with Gasteiger partial charge < -0.3 is 9.88 Å². The number of halogens is 3. The Balaban J connectivity index is 1.75. The van der Waals surface area contributed by atoms with Gasteiger partial charge in [-0.2, -0.15) is 13.2 Å². The van der Waals surface area contributed by atoms with Crippen LogP contribution in [0.2, 0.25) is 0 Å². The summed E-state index contributed by atoms with van der Waals surface area (Å²) in [6.07, 6.45) is 3.68. The Morgan fingerprint density at radius 2 is 1.83 bits per heavy atom. The lowest BCUT2D eigenvalue weighted by atomic mass is 9.95. The van der Waals surface area contributed by atoms with Gasteiger partial charge in [-0.3, -0.25) is 0 Å². The normalized spacial score (nSPS) is 16.7. The number of aromatic nitrogens is 1.